The Morgan fingerprint density at radius 3 is 2.17 bits per heavy atom. The Balaban J connectivity index is 1.75. The van der Waals surface area contributed by atoms with Crippen molar-refractivity contribution in [2.75, 3.05) is 26.2 Å². The van der Waals surface area contributed by atoms with E-state index in [1.165, 1.54) is 0 Å². The van der Waals surface area contributed by atoms with E-state index in [9.17, 15) is 0 Å². The van der Waals surface area contributed by atoms with E-state index in [1.807, 2.05) is 6.07 Å². The van der Waals surface area contributed by atoms with E-state index in [2.05, 4.69) is 29.7 Å². The molecule has 5 rings (SSSR count). The molecule has 1 aromatic heterocycles. The summed E-state index contributed by atoms with van der Waals surface area (Å²) in [5.74, 6) is 1.08. The average molecular weight is 247 g/mol. The molecular weight excluding hydrogens is 226 g/mol. The van der Waals surface area contributed by atoms with Crippen molar-refractivity contribution in [2.24, 2.45) is 16.6 Å². The topological polar surface area (TPSA) is 45.6 Å². The molecule has 0 radical (unpaired) electrons. The summed E-state index contributed by atoms with van der Waals surface area (Å²) in [6, 6.07) is 4.39. The summed E-state index contributed by atoms with van der Waals surface area (Å²) in [6.07, 6.45) is 2.10. The Hall–Kier alpha value is -0.840. The molecule has 0 aliphatic carbocycles. The van der Waals surface area contributed by atoms with Gasteiger partial charge in [-0.3, -0.25) is 9.80 Å². The first-order valence-electron chi connectivity index (χ1n) is 6.79. The standard InChI is InChI=1S/C14H21N3O/c1-13-6-16-8-14(2,12(13)15)9-17(7-13)11(16)10-4-3-5-18-10/h3-5,11-12H,6-9,15H2,1-2H3. The predicted molar refractivity (Wildman–Crippen MR) is 68.8 cm³/mol. The Kier molecular flexibility index (Phi) is 1.95. The van der Waals surface area contributed by atoms with E-state index in [-0.39, 0.29) is 10.8 Å². The summed E-state index contributed by atoms with van der Waals surface area (Å²) in [6.45, 7) is 9.04. The second-order valence-electron chi connectivity index (χ2n) is 6.98. The Labute approximate surface area is 108 Å². The molecule has 4 fully saturated rings. The maximum Gasteiger partial charge on any atom is 0.135 e. The SMILES string of the molecule is CC12CN3CC(C)(CN(C1)C3c1ccco1)C2N. The first kappa shape index (κ1) is 11.0. The van der Waals surface area contributed by atoms with E-state index < -0.39 is 0 Å². The summed E-state index contributed by atoms with van der Waals surface area (Å²) in [5.41, 5.74) is 6.98. The predicted octanol–water partition coefficient (Wildman–Crippen LogP) is 1.26. The third-order valence-corrected chi connectivity index (χ3v) is 5.25. The van der Waals surface area contributed by atoms with Gasteiger partial charge in [-0.2, -0.15) is 0 Å². The smallest absolute Gasteiger partial charge is 0.135 e. The van der Waals surface area contributed by atoms with E-state index in [1.54, 1.807) is 6.26 Å². The van der Waals surface area contributed by atoms with Gasteiger partial charge in [0.2, 0.25) is 0 Å². The zero-order chi connectivity index (χ0) is 12.5. The molecule has 0 spiro atoms. The lowest BCUT2D eigenvalue weighted by Gasteiger charge is -2.68. The van der Waals surface area contributed by atoms with E-state index in [0.717, 1.165) is 31.9 Å². The van der Waals surface area contributed by atoms with E-state index in [0.29, 0.717) is 12.2 Å². The second-order valence-corrected chi connectivity index (χ2v) is 6.98. The minimum atomic E-state index is 0.230. The van der Waals surface area contributed by atoms with Crippen LogP contribution in [0.1, 0.15) is 25.8 Å². The van der Waals surface area contributed by atoms with Crippen LogP contribution in [0.2, 0.25) is 0 Å². The van der Waals surface area contributed by atoms with Crippen molar-refractivity contribution in [3.63, 3.8) is 0 Å². The zero-order valence-corrected chi connectivity index (χ0v) is 11.1. The van der Waals surface area contributed by atoms with Gasteiger partial charge in [0.15, 0.2) is 0 Å². The number of hydrogen-bond donors (Lipinski definition) is 1. The lowest BCUT2D eigenvalue weighted by Crippen LogP contribution is -2.78. The van der Waals surface area contributed by atoms with Gasteiger partial charge in [-0.05, 0) is 12.1 Å². The zero-order valence-electron chi connectivity index (χ0n) is 11.1. The number of nitrogens with two attached hydrogens (primary N) is 1. The van der Waals surface area contributed by atoms with Crippen LogP contribution in [0, 0.1) is 10.8 Å². The van der Waals surface area contributed by atoms with Gasteiger partial charge >= 0.3 is 0 Å². The maximum absolute atomic E-state index is 6.52. The normalized spacial score (nSPS) is 53.9. The number of nitrogens with zero attached hydrogens (tertiary/aromatic N) is 2. The van der Waals surface area contributed by atoms with Gasteiger partial charge in [-0.1, -0.05) is 13.8 Å². The maximum atomic E-state index is 6.52. The molecule has 4 aliphatic heterocycles. The van der Waals surface area contributed by atoms with Crippen molar-refractivity contribution in [1.29, 1.82) is 0 Å². The number of hydrogen-bond acceptors (Lipinski definition) is 4. The average Bonchev–Trinajstić information content (AvgIpc) is 2.77. The third kappa shape index (κ3) is 1.21. The summed E-state index contributed by atoms with van der Waals surface area (Å²) in [4.78, 5) is 5.10. The number of rotatable bonds is 1. The Morgan fingerprint density at radius 1 is 1.17 bits per heavy atom. The van der Waals surface area contributed by atoms with Crippen molar-refractivity contribution >= 4 is 0 Å². The highest BCUT2D eigenvalue weighted by atomic mass is 16.3. The molecule has 98 valence electrons. The monoisotopic (exact) mass is 247 g/mol. The second kappa shape index (κ2) is 3.18. The van der Waals surface area contributed by atoms with Gasteiger partial charge < -0.3 is 10.2 Å². The molecule has 4 heteroatoms. The summed E-state index contributed by atoms with van der Waals surface area (Å²) < 4.78 is 5.64. The molecule has 4 aliphatic rings. The van der Waals surface area contributed by atoms with Crippen LogP contribution in [0.4, 0.5) is 0 Å². The molecule has 0 saturated carbocycles. The molecule has 0 aromatic carbocycles. The highest BCUT2D eigenvalue weighted by molar-refractivity contribution is 5.18. The highest BCUT2D eigenvalue weighted by Gasteiger charge is 2.61. The van der Waals surface area contributed by atoms with Crippen LogP contribution in [0.3, 0.4) is 0 Å². The van der Waals surface area contributed by atoms with Crippen LogP contribution in [-0.4, -0.2) is 42.0 Å². The fourth-order valence-corrected chi connectivity index (χ4v) is 4.68. The third-order valence-electron chi connectivity index (χ3n) is 5.25. The lowest BCUT2D eigenvalue weighted by atomic mass is 9.59. The summed E-state index contributed by atoms with van der Waals surface area (Å²) >= 11 is 0. The molecule has 4 saturated heterocycles. The highest BCUT2D eigenvalue weighted by Crippen LogP contribution is 2.53. The lowest BCUT2D eigenvalue weighted by molar-refractivity contribution is -0.210. The van der Waals surface area contributed by atoms with Crippen molar-refractivity contribution in [2.45, 2.75) is 26.1 Å². The number of furan rings is 1. The van der Waals surface area contributed by atoms with Crippen molar-refractivity contribution in [3.05, 3.63) is 24.2 Å². The van der Waals surface area contributed by atoms with Gasteiger partial charge in [0.25, 0.3) is 0 Å². The quantitative estimate of drug-likeness (QED) is 0.811. The van der Waals surface area contributed by atoms with Gasteiger partial charge in [0, 0.05) is 43.1 Å². The van der Waals surface area contributed by atoms with Crippen LogP contribution >= 0.6 is 0 Å². The molecule has 1 aromatic rings. The fraction of sp³-hybridized carbons (Fsp3) is 0.714. The molecule has 4 bridgehead atoms. The van der Waals surface area contributed by atoms with E-state index in [4.69, 9.17) is 10.2 Å². The van der Waals surface area contributed by atoms with Crippen molar-refractivity contribution in [3.8, 4) is 0 Å². The van der Waals surface area contributed by atoms with Gasteiger partial charge in [0.05, 0.1) is 6.26 Å². The summed E-state index contributed by atoms with van der Waals surface area (Å²) in [5, 5.41) is 0. The molecule has 0 unspecified atom stereocenters. The molecular formula is C14H21N3O. The van der Waals surface area contributed by atoms with Crippen LogP contribution in [0.15, 0.2) is 22.8 Å². The van der Waals surface area contributed by atoms with Gasteiger partial charge in [0.1, 0.15) is 11.9 Å². The van der Waals surface area contributed by atoms with Crippen LogP contribution in [0.25, 0.3) is 0 Å². The van der Waals surface area contributed by atoms with Gasteiger partial charge in [-0.25, -0.2) is 0 Å². The first-order valence-corrected chi connectivity index (χ1v) is 6.79. The van der Waals surface area contributed by atoms with Crippen LogP contribution < -0.4 is 5.73 Å². The molecule has 0 atom stereocenters. The fourth-order valence-electron chi connectivity index (χ4n) is 4.68. The molecule has 0 amide bonds. The molecule has 18 heavy (non-hydrogen) atoms. The molecule has 5 heterocycles. The minimum absolute atomic E-state index is 0.230. The molecule has 2 N–H and O–H groups in total. The van der Waals surface area contributed by atoms with Crippen LogP contribution in [0.5, 0.6) is 0 Å². The van der Waals surface area contributed by atoms with Crippen molar-refractivity contribution < 1.29 is 4.42 Å². The minimum Gasteiger partial charge on any atom is -0.466 e. The largest absolute Gasteiger partial charge is 0.466 e. The van der Waals surface area contributed by atoms with Gasteiger partial charge in [-0.15, -0.1) is 0 Å². The van der Waals surface area contributed by atoms with Crippen LogP contribution in [-0.2, 0) is 0 Å². The molecule has 4 nitrogen and oxygen atoms in total. The summed E-state index contributed by atoms with van der Waals surface area (Å²) in [7, 11) is 0. The Bertz CT molecular complexity index is 431. The van der Waals surface area contributed by atoms with Crippen molar-refractivity contribution in [1.82, 2.24) is 9.80 Å². The first-order chi connectivity index (χ1) is 8.52. The van der Waals surface area contributed by atoms with E-state index >= 15 is 0 Å². The Morgan fingerprint density at radius 2 is 1.72 bits per heavy atom. The number of piperidine rings is 2.